The van der Waals surface area contributed by atoms with Gasteiger partial charge in [-0.05, 0) is 39.5 Å². The van der Waals surface area contributed by atoms with Crippen molar-refractivity contribution in [2.24, 2.45) is 23.3 Å². The number of methoxy groups -OCH3 is 2. The van der Waals surface area contributed by atoms with Crippen LogP contribution in [0.5, 0.6) is 0 Å². The number of hydrogen-bond acceptors (Lipinski definition) is 18. The van der Waals surface area contributed by atoms with Crippen LogP contribution in [0, 0.1) is 11.8 Å². The maximum atomic E-state index is 14.0. The Kier molecular flexibility index (Phi) is 12.8. The van der Waals surface area contributed by atoms with E-state index in [1.54, 1.807) is 28.1 Å². The molecule has 0 bridgehead atoms. The highest BCUT2D eigenvalue weighted by molar-refractivity contribution is 8.76. The molecule has 20 heteroatoms. The Hall–Kier alpha value is -4.08. The minimum atomic E-state index is -0.995. The number of unbranched alkanes of at least 4 members (excludes halogenated alkanes) is 6. The second kappa shape index (κ2) is 17.8. The van der Waals surface area contributed by atoms with Crippen LogP contribution in [0.1, 0.15) is 65.2 Å². The second-order valence-corrected chi connectivity index (χ2v) is 19.9. The summed E-state index contributed by atoms with van der Waals surface area (Å²) in [4.78, 5) is 82.3. The Morgan fingerprint density at radius 1 is 0.645 bits per heavy atom. The number of piperazine rings is 2. The molecule has 6 aliphatic heterocycles. The number of nitrogens with zero attached hydrogens (tertiary/aromatic N) is 2. The second-order valence-electron chi connectivity index (χ2n) is 17.2. The van der Waals surface area contributed by atoms with E-state index in [9.17, 15) is 28.8 Å². The third-order valence-corrected chi connectivity index (χ3v) is 16.4. The van der Waals surface area contributed by atoms with Crippen molar-refractivity contribution < 1.29 is 47.7 Å². The first-order valence-corrected chi connectivity index (χ1v) is 24.2. The van der Waals surface area contributed by atoms with E-state index in [-0.39, 0.29) is 60.5 Å². The monoisotopic (exact) mass is 898 g/mol. The SMILES string of the molecule is CO[C@@]12[C@H](COC(N)=O)C3=C(C(=O)C(C)=C(NCCCCCCSSCCCCCCNC4=C(C)C(=O)C5=C(C4=O)[C@@H](COC(N)=O)[C@@]4(OC)[C@H]6N[C@H]6CN54)C3=O)N1C[C@@H]1N[C@@H]12. The molecule has 2 aliphatic carbocycles. The Bertz CT molecular complexity index is 1920. The fourth-order valence-electron chi connectivity index (χ4n) is 10.8. The van der Waals surface area contributed by atoms with Gasteiger partial charge in [-0.15, -0.1) is 0 Å². The zero-order chi connectivity index (χ0) is 44.1. The molecular weight excluding hydrogens is 841 g/mol. The fourth-order valence-corrected chi connectivity index (χ4v) is 13.1. The van der Waals surface area contributed by atoms with E-state index >= 15 is 0 Å². The van der Waals surface area contributed by atoms with Crippen LogP contribution in [0.15, 0.2) is 45.1 Å². The molecule has 0 aromatic rings. The topological polar surface area (TPSA) is 266 Å². The summed E-state index contributed by atoms with van der Waals surface area (Å²) in [5.41, 5.74) is 11.3. The van der Waals surface area contributed by atoms with Crippen molar-refractivity contribution in [3.63, 3.8) is 0 Å². The molecule has 0 spiro atoms. The smallest absolute Gasteiger partial charge is 0.404 e. The van der Waals surface area contributed by atoms with Gasteiger partial charge in [-0.25, -0.2) is 9.59 Å². The largest absolute Gasteiger partial charge is 0.449 e. The van der Waals surface area contributed by atoms with Crippen LogP contribution in [-0.2, 0) is 38.1 Å². The number of hydrogen-bond donors (Lipinski definition) is 6. The zero-order valence-corrected chi connectivity index (χ0v) is 37.4. The van der Waals surface area contributed by atoms with Crippen LogP contribution in [0.2, 0.25) is 0 Å². The van der Waals surface area contributed by atoms with E-state index in [0.717, 1.165) is 62.9 Å². The first-order chi connectivity index (χ1) is 29.8. The first kappa shape index (κ1) is 44.5. The lowest BCUT2D eigenvalue weighted by molar-refractivity contribution is -0.137. The lowest BCUT2D eigenvalue weighted by Crippen LogP contribution is -2.55. The summed E-state index contributed by atoms with van der Waals surface area (Å²) in [6.45, 7) is 5.23. The Balaban J connectivity index is 0.691. The number of ether oxygens (including phenoxy) is 4. The zero-order valence-electron chi connectivity index (χ0n) is 35.7. The standard InChI is InChI=1S/C42H58N8O10S2/c1-21-29(35(53)27-23(19-59-39(43)55)41(57-3)37-25(47-37)17-49(41)31(27)33(21)51)45-13-9-5-7-11-15-61-62-16-12-8-6-10-14-46-30-22(2)34(52)32-28(36(30)54)24(20-60-40(44)56)42(58-4)38-26(48-38)18-50(32)42/h23-26,37-38,45-48H,5-20H2,1-4H3,(H2,43,55)(H2,44,56)/t23-,24-,25+,26+,37+,38+,41-,42-/m1/s1. The highest BCUT2D eigenvalue weighted by atomic mass is 33.1. The molecule has 0 unspecified atom stereocenters. The van der Waals surface area contributed by atoms with Crippen molar-refractivity contribution >= 4 is 56.9 Å². The summed E-state index contributed by atoms with van der Waals surface area (Å²) >= 11 is 0. The summed E-state index contributed by atoms with van der Waals surface area (Å²) in [6, 6.07) is 0.0965. The molecule has 8 rings (SSSR count). The van der Waals surface area contributed by atoms with Crippen LogP contribution in [0.4, 0.5) is 9.59 Å². The Labute approximate surface area is 368 Å². The summed E-state index contributed by atoms with van der Waals surface area (Å²) in [5, 5.41) is 13.3. The molecule has 2 amide bonds. The molecule has 0 saturated carbocycles. The van der Waals surface area contributed by atoms with Gasteiger partial charge in [0, 0.05) is 86.3 Å². The fraction of sp³-hybridized carbons (Fsp3) is 0.667. The highest BCUT2D eigenvalue weighted by Gasteiger charge is 2.74. The summed E-state index contributed by atoms with van der Waals surface area (Å²) in [5.74, 6) is -0.147. The molecule has 4 saturated heterocycles. The van der Waals surface area contributed by atoms with E-state index < -0.39 is 35.5 Å². The summed E-state index contributed by atoms with van der Waals surface area (Å²) < 4.78 is 22.5. The number of carbonyl (C=O) groups excluding carboxylic acids is 6. The quantitative estimate of drug-likeness (QED) is 0.0367. The van der Waals surface area contributed by atoms with Crippen LogP contribution < -0.4 is 32.7 Å². The van der Waals surface area contributed by atoms with E-state index in [1.807, 2.05) is 31.4 Å². The van der Waals surface area contributed by atoms with Crippen LogP contribution >= 0.6 is 21.6 Å². The van der Waals surface area contributed by atoms with Crippen molar-refractivity contribution in [2.75, 3.05) is 65.1 Å². The van der Waals surface area contributed by atoms with Crippen LogP contribution in [-0.4, -0.2) is 146 Å². The van der Waals surface area contributed by atoms with Gasteiger partial charge in [-0.3, -0.25) is 19.2 Å². The molecule has 8 N–H and O–H groups in total. The van der Waals surface area contributed by atoms with Gasteiger partial charge >= 0.3 is 12.2 Å². The summed E-state index contributed by atoms with van der Waals surface area (Å²) in [7, 11) is 6.88. The van der Waals surface area contributed by atoms with Gasteiger partial charge in [-0.1, -0.05) is 47.3 Å². The molecule has 8 atom stereocenters. The number of primary amides is 2. The van der Waals surface area contributed by atoms with Crippen LogP contribution in [0.25, 0.3) is 0 Å². The van der Waals surface area contributed by atoms with Gasteiger partial charge in [0.1, 0.15) is 13.2 Å². The van der Waals surface area contributed by atoms with Crippen LogP contribution in [0.3, 0.4) is 0 Å². The third-order valence-electron chi connectivity index (χ3n) is 13.9. The molecule has 62 heavy (non-hydrogen) atoms. The number of nitrogens with two attached hydrogens (primary N) is 2. The van der Waals surface area contributed by atoms with Crippen molar-refractivity contribution in [1.82, 2.24) is 31.1 Å². The van der Waals surface area contributed by atoms with Crippen molar-refractivity contribution in [2.45, 2.75) is 101 Å². The van der Waals surface area contributed by atoms with Crippen molar-refractivity contribution in [3.8, 4) is 0 Å². The maximum absolute atomic E-state index is 14.0. The predicted octanol–water partition coefficient (Wildman–Crippen LogP) is 1.48. The molecular formula is C42H58N8O10S2. The van der Waals surface area contributed by atoms with E-state index in [0.29, 0.717) is 71.3 Å². The Morgan fingerprint density at radius 3 is 1.40 bits per heavy atom. The number of fused-ring (bicyclic) bond motifs is 8. The number of Topliss-reactive ketones (excluding diaryl/α,β-unsaturated/α-hetero) is 4. The number of ketones is 4. The number of amides is 2. The van der Waals surface area contributed by atoms with Crippen molar-refractivity contribution in [3.05, 3.63) is 45.1 Å². The average Bonchev–Trinajstić information content (AvgIpc) is 4.08. The molecule has 0 radical (unpaired) electrons. The molecule has 6 heterocycles. The summed E-state index contributed by atoms with van der Waals surface area (Å²) in [6.07, 6.45) is 6.08. The normalized spacial score (nSPS) is 31.4. The molecule has 18 nitrogen and oxygen atoms in total. The number of nitrogens with one attached hydrogen (secondary N) is 4. The predicted molar refractivity (Wildman–Crippen MR) is 230 cm³/mol. The van der Waals surface area contributed by atoms with E-state index in [4.69, 9.17) is 30.4 Å². The average molecular weight is 899 g/mol. The van der Waals surface area contributed by atoms with Gasteiger partial charge in [0.05, 0.1) is 46.7 Å². The molecule has 4 fully saturated rings. The van der Waals surface area contributed by atoms with Gasteiger partial charge in [0.2, 0.25) is 23.1 Å². The highest BCUT2D eigenvalue weighted by Crippen LogP contribution is 2.57. The Morgan fingerprint density at radius 2 is 1.03 bits per heavy atom. The minimum absolute atomic E-state index is 0.0885. The first-order valence-electron chi connectivity index (χ1n) is 21.7. The maximum Gasteiger partial charge on any atom is 0.404 e. The lowest BCUT2D eigenvalue weighted by Gasteiger charge is -2.39. The van der Waals surface area contributed by atoms with E-state index in [2.05, 4.69) is 21.3 Å². The molecule has 0 aromatic heterocycles. The number of rotatable bonds is 23. The van der Waals surface area contributed by atoms with Gasteiger partial charge < -0.3 is 61.5 Å². The van der Waals surface area contributed by atoms with Gasteiger partial charge in [0.25, 0.3) is 0 Å². The van der Waals surface area contributed by atoms with Crippen molar-refractivity contribution in [1.29, 1.82) is 0 Å². The molecule has 338 valence electrons. The van der Waals surface area contributed by atoms with Gasteiger partial charge in [-0.2, -0.15) is 0 Å². The number of carbonyl (C=O) groups is 6. The van der Waals surface area contributed by atoms with E-state index in [1.165, 1.54) is 0 Å². The third kappa shape index (κ3) is 7.41. The number of allylic oxidation sites excluding steroid dienone is 4. The molecule has 0 aromatic carbocycles. The van der Waals surface area contributed by atoms with Gasteiger partial charge in [0.15, 0.2) is 11.4 Å². The lowest BCUT2D eigenvalue weighted by atomic mass is 9.82. The minimum Gasteiger partial charge on any atom is -0.449 e. The molecule has 8 aliphatic rings.